The van der Waals surface area contributed by atoms with Crippen molar-refractivity contribution in [2.45, 2.75) is 46.6 Å². The zero-order chi connectivity index (χ0) is 21.6. The van der Waals surface area contributed by atoms with Gasteiger partial charge in [-0.3, -0.25) is 0 Å². The number of hydrogen-bond acceptors (Lipinski definition) is 4. The van der Waals surface area contributed by atoms with Gasteiger partial charge in [0.2, 0.25) is 0 Å². The van der Waals surface area contributed by atoms with Gasteiger partial charge >= 0.3 is 0 Å². The Kier molecular flexibility index (Phi) is 5.33. The summed E-state index contributed by atoms with van der Waals surface area (Å²) in [7, 11) is 3.48. The Morgan fingerprint density at radius 3 is 2.37 bits per heavy atom. The van der Waals surface area contributed by atoms with Crippen LogP contribution in [0.4, 0.5) is 0 Å². The number of aryl methyl sites for hydroxylation is 2. The number of hydrogen-bond donors (Lipinski definition) is 0. The molecule has 30 heavy (non-hydrogen) atoms. The Morgan fingerprint density at radius 1 is 1.03 bits per heavy atom. The highest BCUT2D eigenvalue weighted by Crippen LogP contribution is 2.41. The van der Waals surface area contributed by atoms with Crippen LogP contribution in [0.2, 0.25) is 0 Å². The van der Waals surface area contributed by atoms with Gasteiger partial charge in [-0.25, -0.2) is 0 Å². The second-order valence-corrected chi connectivity index (χ2v) is 8.37. The number of fused-ring (bicyclic) bond motifs is 3. The summed E-state index contributed by atoms with van der Waals surface area (Å²) in [6.07, 6.45) is 0. The minimum Gasteiger partial charge on any atom is -0.496 e. The van der Waals surface area contributed by atoms with Gasteiger partial charge in [-0.2, -0.15) is 0 Å². The topological polar surface area (TPSA) is 49.4 Å². The van der Waals surface area contributed by atoms with Crippen molar-refractivity contribution in [3.8, 4) is 16.9 Å². The molecule has 0 N–H and O–H groups in total. The molecule has 5 nitrogen and oxygen atoms in total. The molecule has 0 saturated carbocycles. The molecule has 1 atom stereocenters. The highest BCUT2D eigenvalue weighted by atomic mass is 16.5. The third-order valence-electron chi connectivity index (χ3n) is 5.91. The molecule has 0 aliphatic rings. The van der Waals surface area contributed by atoms with Gasteiger partial charge in [-0.15, -0.1) is 0 Å². The smallest absolute Gasteiger partial charge is 0.141 e. The predicted octanol–water partition coefficient (Wildman–Crippen LogP) is 6.41. The van der Waals surface area contributed by atoms with E-state index in [9.17, 15) is 0 Å². The molecular formula is C25H30N2O3. The standard InChI is InChI=1S/C25H30N2O3/c1-14(2)22-11-19-9-8-18-10-21(24-16(4)26-30-17(24)5)23(29-7)12-20(18)25(19)27(22)15(3)13-28-6/h8-12,14-15H,13H2,1-7H3. The van der Waals surface area contributed by atoms with Gasteiger partial charge in [0.05, 0.1) is 36.5 Å². The molecule has 4 aromatic rings. The lowest BCUT2D eigenvalue weighted by atomic mass is 9.97. The van der Waals surface area contributed by atoms with Crippen molar-refractivity contribution in [2.75, 3.05) is 20.8 Å². The van der Waals surface area contributed by atoms with Crippen LogP contribution in [0, 0.1) is 13.8 Å². The van der Waals surface area contributed by atoms with Crippen LogP contribution in [0.5, 0.6) is 5.75 Å². The lowest BCUT2D eigenvalue weighted by Crippen LogP contribution is -2.14. The number of rotatable bonds is 6. The van der Waals surface area contributed by atoms with Crippen LogP contribution in [0.1, 0.15) is 49.9 Å². The molecule has 2 aromatic heterocycles. The molecule has 0 radical (unpaired) electrons. The minimum atomic E-state index is 0.226. The van der Waals surface area contributed by atoms with E-state index < -0.39 is 0 Å². The van der Waals surface area contributed by atoms with E-state index in [1.54, 1.807) is 14.2 Å². The third-order valence-corrected chi connectivity index (χ3v) is 5.91. The monoisotopic (exact) mass is 406 g/mol. The van der Waals surface area contributed by atoms with E-state index in [0.29, 0.717) is 12.5 Å². The Morgan fingerprint density at radius 2 is 1.77 bits per heavy atom. The fraction of sp³-hybridized carbons (Fsp3) is 0.400. The fourth-order valence-corrected chi connectivity index (χ4v) is 4.56. The number of nitrogens with zero attached hydrogens (tertiary/aromatic N) is 2. The van der Waals surface area contributed by atoms with E-state index in [1.165, 1.54) is 22.0 Å². The highest BCUT2D eigenvalue weighted by Gasteiger charge is 2.21. The average molecular weight is 407 g/mol. The van der Waals surface area contributed by atoms with Gasteiger partial charge in [0, 0.05) is 29.1 Å². The van der Waals surface area contributed by atoms with E-state index in [-0.39, 0.29) is 6.04 Å². The van der Waals surface area contributed by atoms with Crippen molar-refractivity contribution in [3.63, 3.8) is 0 Å². The molecule has 0 amide bonds. The first-order valence-corrected chi connectivity index (χ1v) is 10.4. The first-order valence-electron chi connectivity index (χ1n) is 10.4. The van der Waals surface area contributed by atoms with Crippen LogP contribution in [-0.4, -0.2) is 30.6 Å². The summed E-state index contributed by atoms with van der Waals surface area (Å²) in [5, 5.41) is 7.71. The number of aromatic nitrogens is 2. The lowest BCUT2D eigenvalue weighted by Gasteiger charge is -2.21. The lowest BCUT2D eigenvalue weighted by molar-refractivity contribution is 0.162. The Labute approximate surface area is 177 Å². The predicted molar refractivity (Wildman–Crippen MR) is 122 cm³/mol. The van der Waals surface area contributed by atoms with Crippen molar-refractivity contribution in [3.05, 3.63) is 47.5 Å². The van der Waals surface area contributed by atoms with Gasteiger partial charge < -0.3 is 18.6 Å². The summed E-state index contributed by atoms with van der Waals surface area (Å²) >= 11 is 0. The SMILES string of the molecule is COCC(C)n1c(C(C)C)cc2ccc3cc(-c4c(C)noc4C)c(OC)cc3c21. The molecule has 2 heterocycles. The summed E-state index contributed by atoms with van der Waals surface area (Å²) in [4.78, 5) is 0. The molecule has 0 aliphatic heterocycles. The summed E-state index contributed by atoms with van der Waals surface area (Å²) in [6, 6.07) is 11.3. The van der Waals surface area contributed by atoms with Gasteiger partial charge in [-0.05, 0) is 50.3 Å². The summed E-state index contributed by atoms with van der Waals surface area (Å²) < 4.78 is 19.2. The van der Waals surface area contributed by atoms with Crippen molar-refractivity contribution in [2.24, 2.45) is 0 Å². The van der Waals surface area contributed by atoms with E-state index in [1.807, 2.05) is 13.8 Å². The van der Waals surface area contributed by atoms with Crippen molar-refractivity contribution in [1.82, 2.24) is 9.72 Å². The van der Waals surface area contributed by atoms with Crippen molar-refractivity contribution in [1.29, 1.82) is 0 Å². The normalized spacial score (nSPS) is 12.9. The Balaban J connectivity index is 2.07. The van der Waals surface area contributed by atoms with Gasteiger partial charge in [0.1, 0.15) is 11.5 Å². The maximum Gasteiger partial charge on any atom is 0.141 e. The van der Waals surface area contributed by atoms with Crippen LogP contribution >= 0.6 is 0 Å². The summed E-state index contributed by atoms with van der Waals surface area (Å²) in [5.74, 6) is 2.03. The number of ether oxygens (including phenoxy) is 2. The van der Waals surface area contributed by atoms with Crippen LogP contribution in [-0.2, 0) is 4.74 Å². The second-order valence-electron chi connectivity index (χ2n) is 8.37. The highest BCUT2D eigenvalue weighted by molar-refractivity contribution is 6.08. The molecule has 2 aromatic carbocycles. The maximum absolute atomic E-state index is 5.83. The van der Waals surface area contributed by atoms with Crippen LogP contribution in [0.25, 0.3) is 32.8 Å². The molecule has 0 saturated heterocycles. The van der Waals surface area contributed by atoms with Crippen LogP contribution < -0.4 is 4.74 Å². The Bertz CT molecular complexity index is 1200. The fourth-order valence-electron chi connectivity index (χ4n) is 4.56. The zero-order valence-electron chi connectivity index (χ0n) is 18.9. The minimum absolute atomic E-state index is 0.226. The molecule has 0 fully saturated rings. The maximum atomic E-state index is 5.83. The van der Waals surface area contributed by atoms with Gasteiger partial charge in [0.15, 0.2) is 0 Å². The molecular weight excluding hydrogens is 376 g/mol. The largest absolute Gasteiger partial charge is 0.496 e. The van der Waals surface area contributed by atoms with Gasteiger partial charge in [0.25, 0.3) is 0 Å². The second kappa shape index (κ2) is 7.80. The first-order chi connectivity index (χ1) is 14.4. The quantitative estimate of drug-likeness (QED) is 0.371. The summed E-state index contributed by atoms with van der Waals surface area (Å²) in [5.41, 5.74) is 5.41. The molecule has 0 bridgehead atoms. The van der Waals surface area contributed by atoms with E-state index in [4.69, 9.17) is 14.0 Å². The Hall–Kier alpha value is -2.79. The van der Waals surface area contributed by atoms with Crippen molar-refractivity contribution < 1.29 is 14.0 Å². The summed E-state index contributed by atoms with van der Waals surface area (Å²) in [6.45, 7) is 11.3. The molecule has 5 heteroatoms. The van der Waals surface area contributed by atoms with Crippen LogP contribution in [0.15, 0.2) is 34.9 Å². The van der Waals surface area contributed by atoms with Crippen molar-refractivity contribution >= 4 is 21.7 Å². The average Bonchev–Trinajstić information content (AvgIpc) is 3.27. The molecule has 158 valence electrons. The van der Waals surface area contributed by atoms with E-state index >= 15 is 0 Å². The van der Waals surface area contributed by atoms with E-state index in [2.05, 4.69) is 60.8 Å². The zero-order valence-corrected chi connectivity index (χ0v) is 18.9. The van der Waals surface area contributed by atoms with Gasteiger partial charge in [-0.1, -0.05) is 31.1 Å². The first kappa shape index (κ1) is 20.5. The molecule has 0 spiro atoms. The van der Waals surface area contributed by atoms with E-state index in [0.717, 1.165) is 33.7 Å². The number of methoxy groups -OCH3 is 2. The molecule has 0 aliphatic carbocycles. The third kappa shape index (κ3) is 3.18. The molecule has 4 rings (SSSR count). The number of benzene rings is 2. The molecule has 1 unspecified atom stereocenters. The van der Waals surface area contributed by atoms with Crippen LogP contribution in [0.3, 0.4) is 0 Å².